The van der Waals surface area contributed by atoms with E-state index in [4.69, 9.17) is 9.84 Å². The molecule has 0 saturated carbocycles. The van der Waals surface area contributed by atoms with Crippen LogP contribution < -0.4 is 4.74 Å². The Morgan fingerprint density at radius 2 is 1.90 bits per heavy atom. The molecule has 0 aliphatic rings. The first kappa shape index (κ1) is 18.1. The summed E-state index contributed by atoms with van der Waals surface area (Å²) >= 11 is 0. The number of carbonyl (C=O) groups is 1. The summed E-state index contributed by atoms with van der Waals surface area (Å²) in [6.07, 6.45) is 3.07. The van der Waals surface area contributed by atoms with Crippen LogP contribution in [0.1, 0.15) is 21.6 Å². The van der Waals surface area contributed by atoms with E-state index >= 15 is 0 Å². The van der Waals surface area contributed by atoms with Crippen molar-refractivity contribution in [3.8, 4) is 23.1 Å². The number of hydrogen-bond donors (Lipinski definition) is 1. The second-order valence-electron chi connectivity index (χ2n) is 6.20. The lowest BCUT2D eigenvalue weighted by molar-refractivity contribution is 0.0697. The summed E-state index contributed by atoms with van der Waals surface area (Å²) < 4.78 is 5.78. The molecule has 0 amide bonds. The van der Waals surface area contributed by atoms with E-state index in [1.54, 1.807) is 24.4 Å². The third kappa shape index (κ3) is 3.87. The van der Waals surface area contributed by atoms with Gasteiger partial charge in [0.15, 0.2) is 0 Å². The first-order valence-electron chi connectivity index (χ1n) is 8.71. The van der Waals surface area contributed by atoms with Gasteiger partial charge in [-0.3, -0.25) is 9.97 Å². The minimum absolute atomic E-state index is 0.128. The Kier molecular flexibility index (Phi) is 4.82. The number of pyridine rings is 1. The molecule has 0 atom stereocenters. The summed E-state index contributed by atoms with van der Waals surface area (Å²) in [5.41, 5.74) is 3.76. The predicted octanol–water partition coefficient (Wildman–Crippen LogP) is 3.84. The van der Waals surface area contributed by atoms with Crippen molar-refractivity contribution in [2.24, 2.45) is 0 Å². The monoisotopic (exact) mass is 382 g/mol. The van der Waals surface area contributed by atoms with Crippen molar-refractivity contribution in [2.45, 2.75) is 6.61 Å². The van der Waals surface area contributed by atoms with Gasteiger partial charge in [-0.2, -0.15) is 5.26 Å². The van der Waals surface area contributed by atoms with E-state index in [-0.39, 0.29) is 12.2 Å². The van der Waals surface area contributed by atoms with E-state index in [0.717, 1.165) is 11.0 Å². The third-order valence-electron chi connectivity index (χ3n) is 4.28. The van der Waals surface area contributed by atoms with E-state index in [1.807, 2.05) is 24.3 Å². The highest BCUT2D eigenvalue weighted by molar-refractivity contribution is 5.88. The van der Waals surface area contributed by atoms with Crippen LogP contribution in [-0.2, 0) is 6.61 Å². The molecule has 4 rings (SSSR count). The summed E-state index contributed by atoms with van der Waals surface area (Å²) in [4.78, 5) is 24.2. The molecule has 0 fully saturated rings. The lowest BCUT2D eigenvalue weighted by Crippen LogP contribution is -2.01. The Hall–Kier alpha value is -4.31. The van der Waals surface area contributed by atoms with Crippen LogP contribution >= 0.6 is 0 Å². The maximum absolute atomic E-state index is 11.2. The molecule has 0 spiro atoms. The fourth-order valence-electron chi connectivity index (χ4n) is 2.84. The maximum atomic E-state index is 11.2. The zero-order valence-electron chi connectivity index (χ0n) is 15.1. The van der Waals surface area contributed by atoms with Gasteiger partial charge in [0.05, 0.1) is 39.7 Å². The molecule has 4 aromatic rings. The zero-order chi connectivity index (χ0) is 20.2. The van der Waals surface area contributed by atoms with E-state index in [0.29, 0.717) is 28.3 Å². The molecule has 2 aromatic heterocycles. The topological polar surface area (TPSA) is 109 Å². The van der Waals surface area contributed by atoms with Gasteiger partial charge in [-0.15, -0.1) is 0 Å². The highest BCUT2D eigenvalue weighted by atomic mass is 16.5. The molecule has 7 heteroatoms. The molecule has 7 nitrogen and oxygen atoms in total. The van der Waals surface area contributed by atoms with E-state index < -0.39 is 5.97 Å². The van der Waals surface area contributed by atoms with Gasteiger partial charge in [-0.05, 0) is 42.5 Å². The van der Waals surface area contributed by atoms with Gasteiger partial charge in [0.2, 0.25) is 0 Å². The summed E-state index contributed by atoms with van der Waals surface area (Å²) in [6, 6.07) is 17.5. The van der Waals surface area contributed by atoms with Crippen LogP contribution in [0.25, 0.3) is 22.3 Å². The number of benzene rings is 2. The number of nitriles is 1. The molecule has 0 aliphatic heterocycles. The number of aromatic nitrogens is 3. The normalized spacial score (nSPS) is 10.4. The van der Waals surface area contributed by atoms with Gasteiger partial charge < -0.3 is 9.84 Å². The van der Waals surface area contributed by atoms with Gasteiger partial charge in [0.25, 0.3) is 0 Å². The van der Waals surface area contributed by atoms with Crippen LogP contribution in [0.4, 0.5) is 0 Å². The molecule has 0 radical (unpaired) electrons. The number of para-hydroxylation sites is 2. The van der Waals surface area contributed by atoms with Gasteiger partial charge in [-0.25, -0.2) is 9.78 Å². The SMILES string of the molecule is N#Cc1cc(-c2cc(C(=O)O)ccn2)ccc1OCc1cnc2ccccc2n1. The lowest BCUT2D eigenvalue weighted by Gasteiger charge is -2.10. The summed E-state index contributed by atoms with van der Waals surface area (Å²) in [5.74, 6) is -0.633. The molecular weight excluding hydrogens is 368 g/mol. The number of nitrogens with zero attached hydrogens (tertiary/aromatic N) is 4. The van der Waals surface area contributed by atoms with Crippen molar-refractivity contribution < 1.29 is 14.6 Å². The van der Waals surface area contributed by atoms with Crippen molar-refractivity contribution in [3.63, 3.8) is 0 Å². The first-order valence-corrected chi connectivity index (χ1v) is 8.71. The van der Waals surface area contributed by atoms with E-state index in [1.165, 1.54) is 18.3 Å². The minimum atomic E-state index is -1.04. The van der Waals surface area contributed by atoms with E-state index in [2.05, 4.69) is 21.0 Å². The number of ether oxygens (including phenoxy) is 1. The molecule has 29 heavy (non-hydrogen) atoms. The second-order valence-corrected chi connectivity index (χ2v) is 6.20. The minimum Gasteiger partial charge on any atom is -0.486 e. The summed E-state index contributed by atoms with van der Waals surface area (Å²) in [6.45, 7) is 0.165. The Bertz CT molecular complexity index is 1260. The Morgan fingerprint density at radius 3 is 2.69 bits per heavy atom. The highest BCUT2D eigenvalue weighted by Crippen LogP contribution is 2.26. The van der Waals surface area contributed by atoms with Crippen molar-refractivity contribution in [3.05, 3.63) is 83.8 Å². The Labute approximate surface area is 165 Å². The van der Waals surface area contributed by atoms with Crippen LogP contribution in [0.5, 0.6) is 5.75 Å². The number of rotatable bonds is 5. The number of hydrogen-bond acceptors (Lipinski definition) is 6. The number of fused-ring (bicyclic) bond motifs is 1. The zero-order valence-corrected chi connectivity index (χ0v) is 15.1. The average Bonchev–Trinajstić information content (AvgIpc) is 2.77. The molecule has 0 bridgehead atoms. The number of carboxylic acid groups (broad SMARTS) is 1. The van der Waals surface area contributed by atoms with Crippen molar-refractivity contribution in [1.29, 1.82) is 5.26 Å². The number of aromatic carboxylic acids is 1. The standard InChI is InChI=1S/C22H14N4O3/c23-11-16-9-14(20-10-15(22(27)28)7-8-24-20)5-6-21(16)29-13-17-12-25-18-3-1-2-4-19(18)26-17/h1-10,12H,13H2,(H,27,28). The summed E-state index contributed by atoms with van der Waals surface area (Å²) in [7, 11) is 0. The quantitative estimate of drug-likeness (QED) is 0.558. The second kappa shape index (κ2) is 7.74. The third-order valence-corrected chi connectivity index (χ3v) is 4.28. The molecular formula is C22H14N4O3. The van der Waals surface area contributed by atoms with Crippen LogP contribution in [0.2, 0.25) is 0 Å². The smallest absolute Gasteiger partial charge is 0.335 e. The van der Waals surface area contributed by atoms with Gasteiger partial charge in [0.1, 0.15) is 18.4 Å². The Balaban J connectivity index is 1.57. The van der Waals surface area contributed by atoms with E-state index in [9.17, 15) is 10.1 Å². The van der Waals surface area contributed by atoms with Crippen molar-refractivity contribution >= 4 is 17.0 Å². The number of carboxylic acids is 1. The van der Waals surface area contributed by atoms with Crippen LogP contribution in [0, 0.1) is 11.3 Å². The lowest BCUT2D eigenvalue weighted by atomic mass is 10.1. The van der Waals surface area contributed by atoms with Crippen molar-refractivity contribution in [2.75, 3.05) is 0 Å². The van der Waals surface area contributed by atoms with Crippen LogP contribution in [0.3, 0.4) is 0 Å². The fourth-order valence-corrected chi connectivity index (χ4v) is 2.84. The molecule has 2 heterocycles. The highest BCUT2D eigenvalue weighted by Gasteiger charge is 2.10. The van der Waals surface area contributed by atoms with Gasteiger partial charge in [-0.1, -0.05) is 12.1 Å². The summed E-state index contributed by atoms with van der Waals surface area (Å²) in [5, 5.41) is 18.6. The molecule has 0 aliphatic carbocycles. The fraction of sp³-hybridized carbons (Fsp3) is 0.0455. The van der Waals surface area contributed by atoms with Crippen molar-refractivity contribution in [1.82, 2.24) is 15.0 Å². The molecule has 2 aromatic carbocycles. The van der Waals surface area contributed by atoms with Gasteiger partial charge >= 0.3 is 5.97 Å². The predicted molar refractivity (Wildman–Crippen MR) is 105 cm³/mol. The largest absolute Gasteiger partial charge is 0.486 e. The first-order chi connectivity index (χ1) is 14.1. The average molecular weight is 382 g/mol. The van der Waals surface area contributed by atoms with Crippen LogP contribution in [0.15, 0.2) is 67.0 Å². The molecule has 0 saturated heterocycles. The Morgan fingerprint density at radius 1 is 1.07 bits per heavy atom. The maximum Gasteiger partial charge on any atom is 0.335 e. The molecule has 140 valence electrons. The van der Waals surface area contributed by atoms with Crippen LogP contribution in [-0.4, -0.2) is 26.0 Å². The van der Waals surface area contributed by atoms with Gasteiger partial charge in [0, 0.05) is 11.8 Å². The molecule has 1 N–H and O–H groups in total. The molecule has 0 unspecified atom stereocenters.